The maximum Gasteiger partial charge on any atom is 0.416 e. The van der Waals surface area contributed by atoms with Crippen molar-refractivity contribution in [3.05, 3.63) is 41.8 Å². The largest absolute Gasteiger partial charge is 0.444 e. The van der Waals surface area contributed by atoms with Gasteiger partial charge in [-0.25, -0.2) is 4.98 Å². The first kappa shape index (κ1) is 18.5. The summed E-state index contributed by atoms with van der Waals surface area (Å²) in [6.45, 7) is 7.13. The molecule has 7 heteroatoms. The second kappa shape index (κ2) is 6.94. The van der Waals surface area contributed by atoms with Crippen molar-refractivity contribution in [3.63, 3.8) is 0 Å². The second-order valence-electron chi connectivity index (χ2n) is 6.33. The molecule has 0 unspecified atom stereocenters. The minimum atomic E-state index is -4.36. The Labute approximate surface area is 138 Å². The number of oxazole rings is 1. The van der Waals surface area contributed by atoms with Crippen LogP contribution < -0.4 is 0 Å². The molecule has 1 N–H and O–H groups in total. The fourth-order valence-corrected chi connectivity index (χ4v) is 2.37. The molecule has 0 amide bonds. The van der Waals surface area contributed by atoms with Crippen LogP contribution in [0.2, 0.25) is 0 Å². The Kier molecular flexibility index (Phi) is 5.35. The summed E-state index contributed by atoms with van der Waals surface area (Å²) in [4.78, 5) is 6.33. The van der Waals surface area contributed by atoms with Crippen molar-refractivity contribution in [2.45, 2.75) is 39.1 Å². The molecule has 24 heavy (non-hydrogen) atoms. The van der Waals surface area contributed by atoms with E-state index in [1.54, 1.807) is 13.8 Å². The highest BCUT2D eigenvalue weighted by Crippen LogP contribution is 2.30. The first-order chi connectivity index (χ1) is 11.1. The predicted molar refractivity (Wildman–Crippen MR) is 84.2 cm³/mol. The van der Waals surface area contributed by atoms with E-state index in [2.05, 4.69) is 4.98 Å². The molecule has 132 valence electrons. The molecule has 2 rings (SSSR count). The van der Waals surface area contributed by atoms with E-state index < -0.39 is 17.3 Å². The Balaban J connectivity index is 2.10. The van der Waals surface area contributed by atoms with Crippen molar-refractivity contribution >= 4 is 0 Å². The molecule has 0 spiro atoms. The molecule has 0 aliphatic heterocycles. The normalized spacial score (nSPS) is 12.8. The molecule has 0 fully saturated rings. The lowest BCUT2D eigenvalue weighted by Crippen LogP contribution is -2.38. The second-order valence-corrected chi connectivity index (χ2v) is 6.33. The SMILES string of the molecule is CCN(Cc1coc(-c2ccc(C(F)(F)F)cc2)n1)CC(C)(C)O. The maximum atomic E-state index is 12.6. The molecule has 1 aromatic carbocycles. The van der Waals surface area contributed by atoms with Gasteiger partial charge in [0.1, 0.15) is 6.26 Å². The molecule has 0 aliphatic rings. The summed E-state index contributed by atoms with van der Waals surface area (Å²) < 4.78 is 43.1. The molecule has 4 nitrogen and oxygen atoms in total. The van der Waals surface area contributed by atoms with Gasteiger partial charge in [0.15, 0.2) is 0 Å². The smallest absolute Gasteiger partial charge is 0.416 e. The van der Waals surface area contributed by atoms with E-state index in [0.29, 0.717) is 24.3 Å². The van der Waals surface area contributed by atoms with Crippen LogP contribution in [-0.2, 0) is 12.7 Å². The van der Waals surface area contributed by atoms with Crippen molar-refractivity contribution in [2.75, 3.05) is 13.1 Å². The van der Waals surface area contributed by atoms with Gasteiger partial charge in [-0.2, -0.15) is 13.2 Å². The van der Waals surface area contributed by atoms with Gasteiger partial charge in [0.2, 0.25) is 5.89 Å². The minimum absolute atomic E-state index is 0.276. The maximum absolute atomic E-state index is 12.6. The summed E-state index contributed by atoms with van der Waals surface area (Å²) >= 11 is 0. The van der Waals surface area contributed by atoms with E-state index in [0.717, 1.165) is 18.7 Å². The summed E-state index contributed by atoms with van der Waals surface area (Å²) in [5.74, 6) is 0.276. The number of hydrogen-bond donors (Lipinski definition) is 1. The van der Waals surface area contributed by atoms with Crippen LogP contribution in [0.1, 0.15) is 32.0 Å². The number of likely N-dealkylation sites (N-methyl/N-ethyl adjacent to an activating group) is 1. The summed E-state index contributed by atoms with van der Waals surface area (Å²) in [7, 11) is 0. The quantitative estimate of drug-likeness (QED) is 0.863. The third-order valence-corrected chi connectivity index (χ3v) is 3.45. The van der Waals surface area contributed by atoms with Gasteiger partial charge >= 0.3 is 6.18 Å². The topological polar surface area (TPSA) is 49.5 Å². The molecule has 1 heterocycles. The van der Waals surface area contributed by atoms with E-state index in [9.17, 15) is 18.3 Å². The van der Waals surface area contributed by atoms with Gasteiger partial charge in [-0.3, -0.25) is 4.90 Å². The highest BCUT2D eigenvalue weighted by molar-refractivity contribution is 5.53. The fraction of sp³-hybridized carbons (Fsp3) is 0.471. The zero-order valence-electron chi connectivity index (χ0n) is 13.9. The average molecular weight is 342 g/mol. The van der Waals surface area contributed by atoms with Crippen LogP contribution in [0.25, 0.3) is 11.5 Å². The zero-order valence-corrected chi connectivity index (χ0v) is 13.9. The van der Waals surface area contributed by atoms with Gasteiger partial charge in [0.25, 0.3) is 0 Å². The van der Waals surface area contributed by atoms with Crippen molar-refractivity contribution < 1.29 is 22.7 Å². The summed E-state index contributed by atoms with van der Waals surface area (Å²) in [5.41, 5.74) is -0.383. The van der Waals surface area contributed by atoms with Gasteiger partial charge in [-0.15, -0.1) is 0 Å². The van der Waals surface area contributed by atoms with Crippen LogP contribution in [0, 0.1) is 0 Å². The van der Waals surface area contributed by atoms with E-state index in [1.165, 1.54) is 18.4 Å². The van der Waals surface area contributed by atoms with Crippen LogP contribution in [0.15, 0.2) is 34.9 Å². The average Bonchev–Trinajstić information content (AvgIpc) is 2.93. The Bertz CT molecular complexity index is 658. The lowest BCUT2D eigenvalue weighted by molar-refractivity contribution is -0.137. The lowest BCUT2D eigenvalue weighted by atomic mass is 10.1. The minimum Gasteiger partial charge on any atom is -0.444 e. The molecular weight excluding hydrogens is 321 g/mol. The highest BCUT2D eigenvalue weighted by atomic mass is 19.4. The van der Waals surface area contributed by atoms with Crippen molar-refractivity contribution in [3.8, 4) is 11.5 Å². The van der Waals surface area contributed by atoms with Crippen molar-refractivity contribution in [1.82, 2.24) is 9.88 Å². The summed E-state index contributed by atoms with van der Waals surface area (Å²) in [6, 6.07) is 4.69. The number of aliphatic hydroxyl groups is 1. The molecular formula is C17H21F3N2O2. The van der Waals surface area contributed by atoms with Gasteiger partial charge in [-0.05, 0) is 44.7 Å². The molecule has 0 aliphatic carbocycles. The zero-order chi connectivity index (χ0) is 18.0. The number of hydrogen-bond acceptors (Lipinski definition) is 4. The number of alkyl halides is 3. The molecule has 2 aromatic rings. The van der Waals surface area contributed by atoms with E-state index in [4.69, 9.17) is 4.42 Å². The number of halogens is 3. The molecule has 0 atom stereocenters. The Hall–Kier alpha value is -1.86. The van der Waals surface area contributed by atoms with Crippen LogP contribution in [-0.4, -0.2) is 33.7 Å². The number of aromatic nitrogens is 1. The Morgan fingerprint density at radius 1 is 1.17 bits per heavy atom. The first-order valence-corrected chi connectivity index (χ1v) is 7.65. The van der Waals surface area contributed by atoms with Crippen molar-refractivity contribution in [1.29, 1.82) is 0 Å². The van der Waals surface area contributed by atoms with E-state index >= 15 is 0 Å². The van der Waals surface area contributed by atoms with Crippen LogP contribution in [0.4, 0.5) is 13.2 Å². The first-order valence-electron chi connectivity index (χ1n) is 7.65. The lowest BCUT2D eigenvalue weighted by Gasteiger charge is -2.27. The Morgan fingerprint density at radius 3 is 2.29 bits per heavy atom. The molecule has 0 saturated heterocycles. The molecule has 0 radical (unpaired) electrons. The third kappa shape index (κ3) is 5.07. The van der Waals surface area contributed by atoms with Crippen molar-refractivity contribution in [2.24, 2.45) is 0 Å². The predicted octanol–water partition coefficient (Wildman–Crippen LogP) is 3.95. The molecule has 0 bridgehead atoms. The summed E-state index contributed by atoms with van der Waals surface area (Å²) in [5, 5.41) is 9.89. The number of benzene rings is 1. The van der Waals surface area contributed by atoms with Crippen LogP contribution >= 0.6 is 0 Å². The van der Waals surface area contributed by atoms with E-state index in [1.807, 2.05) is 11.8 Å². The molecule has 1 aromatic heterocycles. The monoisotopic (exact) mass is 342 g/mol. The summed E-state index contributed by atoms with van der Waals surface area (Å²) in [6.07, 6.45) is -2.88. The Morgan fingerprint density at radius 2 is 1.79 bits per heavy atom. The van der Waals surface area contributed by atoms with Gasteiger partial charge in [-0.1, -0.05) is 6.92 Å². The number of nitrogens with zero attached hydrogens (tertiary/aromatic N) is 2. The number of rotatable bonds is 6. The standard InChI is InChI=1S/C17H21F3N2O2/c1-4-22(11-16(2,3)23)9-14-10-24-15(21-14)12-5-7-13(8-6-12)17(18,19)20/h5-8,10,23H,4,9,11H2,1-3H3. The van der Waals surface area contributed by atoms with Crippen LogP contribution in [0.3, 0.4) is 0 Å². The van der Waals surface area contributed by atoms with Gasteiger partial charge in [0.05, 0.1) is 16.9 Å². The fourth-order valence-electron chi connectivity index (χ4n) is 2.37. The van der Waals surface area contributed by atoms with Gasteiger partial charge < -0.3 is 9.52 Å². The third-order valence-electron chi connectivity index (χ3n) is 3.45. The van der Waals surface area contributed by atoms with E-state index in [-0.39, 0.29) is 5.89 Å². The van der Waals surface area contributed by atoms with Crippen LogP contribution in [0.5, 0.6) is 0 Å². The van der Waals surface area contributed by atoms with Gasteiger partial charge in [0, 0.05) is 18.7 Å². The highest BCUT2D eigenvalue weighted by Gasteiger charge is 2.30. The molecule has 0 saturated carbocycles.